The molecule has 9 nitrogen and oxygen atoms in total. The number of carboxylic acids is 1. The van der Waals surface area contributed by atoms with E-state index in [9.17, 15) is 18.0 Å². The zero-order chi connectivity index (χ0) is 27.1. The lowest BCUT2D eigenvalue weighted by Crippen LogP contribution is -2.36. The molecule has 1 amide bonds. The predicted octanol–water partition coefficient (Wildman–Crippen LogP) is 4.80. The van der Waals surface area contributed by atoms with Crippen molar-refractivity contribution in [2.75, 3.05) is 9.62 Å². The largest absolute Gasteiger partial charge is 0.478 e. The van der Waals surface area contributed by atoms with Crippen LogP contribution in [0.1, 0.15) is 48.8 Å². The molecule has 0 radical (unpaired) electrons. The SMILES string of the molecule is Cc1cncc(NS(=O)(=O)c2ccc(CN(C(=O)C3CCCCC3)c3cncc(C=CC(=O)O)c3)cc2)c1. The fourth-order valence-electron chi connectivity index (χ4n) is 4.50. The number of pyridine rings is 2. The number of aliphatic carboxylic acids is 1. The standard InChI is InChI=1S/C28H30N4O5S/c1-20-13-24(17-29-15-20)31-38(36,37)26-10-7-21(8-11-26)19-32(28(35)23-5-3-2-4-6-23)25-14-22(16-30-18-25)9-12-27(33)34/h7-18,23,31H,2-6,19H2,1H3,(H,33,34). The second-order valence-electron chi connectivity index (χ2n) is 9.41. The van der Waals surface area contributed by atoms with Crippen LogP contribution >= 0.6 is 0 Å². The molecule has 1 saturated carbocycles. The molecule has 1 aromatic carbocycles. The molecule has 10 heteroatoms. The Morgan fingerprint density at radius 3 is 2.42 bits per heavy atom. The van der Waals surface area contributed by atoms with E-state index in [1.165, 1.54) is 30.6 Å². The number of sulfonamides is 1. The van der Waals surface area contributed by atoms with E-state index in [0.29, 0.717) is 16.9 Å². The Morgan fingerprint density at radius 1 is 1.03 bits per heavy atom. The van der Waals surface area contributed by atoms with Crippen molar-refractivity contribution >= 4 is 39.4 Å². The first kappa shape index (κ1) is 27.0. The highest BCUT2D eigenvalue weighted by Crippen LogP contribution is 2.29. The number of benzene rings is 1. The third kappa shape index (κ3) is 7.04. The third-order valence-corrected chi connectivity index (χ3v) is 7.79. The summed E-state index contributed by atoms with van der Waals surface area (Å²) in [6.07, 6.45) is 13.4. The average Bonchev–Trinajstić information content (AvgIpc) is 2.91. The van der Waals surface area contributed by atoms with Gasteiger partial charge in [0, 0.05) is 24.4 Å². The number of nitrogens with zero attached hydrogens (tertiary/aromatic N) is 3. The minimum Gasteiger partial charge on any atom is -0.478 e. The van der Waals surface area contributed by atoms with Crippen LogP contribution in [-0.2, 0) is 26.2 Å². The fourth-order valence-corrected chi connectivity index (χ4v) is 5.53. The molecular weight excluding hydrogens is 504 g/mol. The number of hydrogen-bond acceptors (Lipinski definition) is 6. The van der Waals surface area contributed by atoms with Crippen LogP contribution in [0.5, 0.6) is 0 Å². The topological polar surface area (TPSA) is 130 Å². The van der Waals surface area contributed by atoms with Gasteiger partial charge in [-0.1, -0.05) is 31.4 Å². The van der Waals surface area contributed by atoms with Crippen LogP contribution in [0.2, 0.25) is 0 Å². The molecule has 2 heterocycles. The summed E-state index contributed by atoms with van der Waals surface area (Å²) in [5.41, 5.74) is 3.07. The van der Waals surface area contributed by atoms with E-state index >= 15 is 0 Å². The molecule has 4 rings (SSSR count). The van der Waals surface area contributed by atoms with Gasteiger partial charge in [-0.2, -0.15) is 0 Å². The molecule has 0 atom stereocenters. The number of aromatic nitrogens is 2. The minimum atomic E-state index is -3.82. The number of carbonyl (C=O) groups excluding carboxylic acids is 1. The van der Waals surface area contributed by atoms with E-state index in [1.807, 2.05) is 6.92 Å². The van der Waals surface area contributed by atoms with Crippen LogP contribution in [0, 0.1) is 12.8 Å². The first-order chi connectivity index (χ1) is 18.2. The minimum absolute atomic E-state index is 0.0174. The van der Waals surface area contributed by atoms with Gasteiger partial charge in [0.1, 0.15) is 0 Å². The molecule has 38 heavy (non-hydrogen) atoms. The Balaban J connectivity index is 1.58. The maximum Gasteiger partial charge on any atom is 0.328 e. The second kappa shape index (κ2) is 12.0. The summed E-state index contributed by atoms with van der Waals surface area (Å²) >= 11 is 0. The molecule has 1 aliphatic carbocycles. The molecule has 0 aliphatic heterocycles. The van der Waals surface area contributed by atoms with E-state index in [1.54, 1.807) is 41.6 Å². The quantitative estimate of drug-likeness (QED) is 0.377. The Kier molecular flexibility index (Phi) is 8.52. The number of aryl methyl sites for hydroxylation is 1. The van der Waals surface area contributed by atoms with Gasteiger partial charge in [-0.15, -0.1) is 0 Å². The van der Waals surface area contributed by atoms with Gasteiger partial charge in [-0.05, 0) is 66.8 Å². The molecule has 0 bridgehead atoms. The number of anilines is 2. The van der Waals surface area contributed by atoms with Crippen LogP contribution < -0.4 is 9.62 Å². The number of amides is 1. The summed E-state index contributed by atoms with van der Waals surface area (Å²) in [6, 6.07) is 9.81. The molecule has 3 aromatic rings. The lowest BCUT2D eigenvalue weighted by atomic mass is 9.88. The number of nitrogens with one attached hydrogen (secondary N) is 1. The monoisotopic (exact) mass is 534 g/mol. The normalized spacial score (nSPS) is 14.3. The Labute approximate surface area is 222 Å². The van der Waals surface area contributed by atoms with Crippen LogP contribution in [0.3, 0.4) is 0 Å². The van der Waals surface area contributed by atoms with E-state index < -0.39 is 16.0 Å². The molecule has 2 N–H and O–H groups in total. The van der Waals surface area contributed by atoms with E-state index in [-0.39, 0.29) is 23.3 Å². The van der Waals surface area contributed by atoms with Crippen LogP contribution in [0.15, 0.2) is 72.2 Å². The zero-order valence-corrected chi connectivity index (χ0v) is 21.9. The summed E-state index contributed by atoms with van der Waals surface area (Å²) in [7, 11) is -3.82. The van der Waals surface area contributed by atoms with Gasteiger partial charge < -0.3 is 10.0 Å². The van der Waals surface area contributed by atoms with Crippen molar-refractivity contribution in [2.45, 2.75) is 50.5 Å². The van der Waals surface area contributed by atoms with E-state index in [0.717, 1.165) is 49.3 Å². The zero-order valence-electron chi connectivity index (χ0n) is 21.1. The highest BCUT2D eigenvalue weighted by Gasteiger charge is 2.27. The summed E-state index contributed by atoms with van der Waals surface area (Å²) in [4.78, 5) is 34.5. The van der Waals surface area contributed by atoms with Gasteiger partial charge in [0.25, 0.3) is 10.0 Å². The molecular formula is C28H30N4O5S. The lowest BCUT2D eigenvalue weighted by molar-refractivity contribution is -0.131. The lowest BCUT2D eigenvalue weighted by Gasteiger charge is -2.29. The molecule has 198 valence electrons. The molecule has 1 fully saturated rings. The molecule has 0 saturated heterocycles. The summed E-state index contributed by atoms with van der Waals surface area (Å²) in [5, 5.41) is 8.96. The third-order valence-electron chi connectivity index (χ3n) is 6.40. The summed E-state index contributed by atoms with van der Waals surface area (Å²) in [6.45, 7) is 2.05. The van der Waals surface area contributed by atoms with Gasteiger partial charge in [-0.3, -0.25) is 19.5 Å². The average molecular weight is 535 g/mol. The number of carboxylic acid groups (broad SMARTS) is 1. The molecule has 0 unspecified atom stereocenters. The number of hydrogen-bond donors (Lipinski definition) is 2. The summed E-state index contributed by atoms with van der Waals surface area (Å²) in [5.74, 6) is -1.20. The van der Waals surface area contributed by atoms with Gasteiger partial charge in [0.05, 0.1) is 35.2 Å². The van der Waals surface area contributed by atoms with Gasteiger partial charge in [-0.25, -0.2) is 13.2 Å². The van der Waals surface area contributed by atoms with E-state index in [2.05, 4.69) is 14.7 Å². The highest BCUT2D eigenvalue weighted by atomic mass is 32.2. The fraction of sp³-hybridized carbons (Fsp3) is 0.286. The van der Waals surface area contributed by atoms with Gasteiger partial charge in [0.15, 0.2) is 0 Å². The smallest absolute Gasteiger partial charge is 0.328 e. The second-order valence-corrected chi connectivity index (χ2v) is 11.1. The predicted molar refractivity (Wildman–Crippen MR) is 145 cm³/mol. The molecule has 0 spiro atoms. The number of carbonyl (C=O) groups is 2. The van der Waals surface area contributed by atoms with Crippen LogP contribution in [0.4, 0.5) is 11.4 Å². The van der Waals surface area contributed by atoms with Gasteiger partial charge >= 0.3 is 5.97 Å². The Morgan fingerprint density at radius 2 is 1.74 bits per heavy atom. The van der Waals surface area contributed by atoms with Crippen molar-refractivity contribution in [1.29, 1.82) is 0 Å². The van der Waals surface area contributed by atoms with Crippen molar-refractivity contribution in [3.05, 3.63) is 84.0 Å². The van der Waals surface area contributed by atoms with Crippen molar-refractivity contribution in [3.8, 4) is 0 Å². The maximum absolute atomic E-state index is 13.6. The number of rotatable bonds is 9. The van der Waals surface area contributed by atoms with Crippen molar-refractivity contribution in [3.63, 3.8) is 0 Å². The Bertz CT molecular complexity index is 1430. The molecule has 2 aromatic heterocycles. The first-order valence-corrected chi connectivity index (χ1v) is 13.9. The van der Waals surface area contributed by atoms with Crippen molar-refractivity contribution in [2.24, 2.45) is 5.92 Å². The first-order valence-electron chi connectivity index (χ1n) is 12.4. The highest BCUT2D eigenvalue weighted by molar-refractivity contribution is 7.92. The van der Waals surface area contributed by atoms with Crippen LogP contribution in [0.25, 0.3) is 6.08 Å². The van der Waals surface area contributed by atoms with Crippen LogP contribution in [-0.4, -0.2) is 35.4 Å². The summed E-state index contributed by atoms with van der Waals surface area (Å²) < 4.78 is 28.3. The van der Waals surface area contributed by atoms with E-state index in [4.69, 9.17) is 5.11 Å². The molecule has 1 aliphatic rings. The maximum atomic E-state index is 13.6. The Hall–Kier alpha value is -4.05. The van der Waals surface area contributed by atoms with Crippen molar-refractivity contribution < 1.29 is 23.1 Å². The van der Waals surface area contributed by atoms with Crippen molar-refractivity contribution in [1.82, 2.24) is 9.97 Å². The van der Waals surface area contributed by atoms with Gasteiger partial charge in [0.2, 0.25) is 5.91 Å².